The molecule has 106 valence electrons. The quantitative estimate of drug-likeness (QED) is 0.798. The average molecular weight is 294 g/mol. The molecule has 2 fully saturated rings. The first-order valence-corrected chi connectivity index (χ1v) is 7.22. The van der Waals surface area contributed by atoms with Crippen LogP contribution in [0, 0.1) is 5.92 Å². The predicted octanol–water partition coefficient (Wildman–Crippen LogP) is 1.48. The van der Waals surface area contributed by atoms with Gasteiger partial charge in [-0.2, -0.15) is 0 Å². The third-order valence-corrected chi connectivity index (χ3v) is 4.25. The van der Waals surface area contributed by atoms with Crippen LogP contribution in [0.4, 0.5) is 0 Å². The molecule has 0 aliphatic carbocycles. The minimum Gasteiger partial charge on any atom is -0.353 e. The maximum Gasteiger partial charge on any atom is 0.272 e. The molecule has 6 heteroatoms. The average Bonchev–Trinajstić information content (AvgIpc) is 2.46. The Balaban J connectivity index is 1.70. The Morgan fingerprint density at radius 3 is 3.05 bits per heavy atom. The topological polar surface area (TPSA) is 62.3 Å². The second-order valence-electron chi connectivity index (χ2n) is 5.36. The molecule has 0 spiro atoms. The smallest absolute Gasteiger partial charge is 0.272 e. The number of aromatic nitrogens is 1. The second kappa shape index (κ2) is 5.40. The van der Waals surface area contributed by atoms with Gasteiger partial charge in [-0.15, -0.1) is 0 Å². The van der Waals surface area contributed by atoms with Crippen LogP contribution in [0.15, 0.2) is 18.2 Å². The molecule has 2 atom stereocenters. The first-order valence-electron chi connectivity index (χ1n) is 6.84. The van der Waals surface area contributed by atoms with Crippen molar-refractivity contribution in [2.24, 2.45) is 5.92 Å². The number of fused-ring (bicyclic) bond motifs is 1. The fourth-order valence-electron chi connectivity index (χ4n) is 2.98. The number of carbonyl (C=O) groups is 2. The van der Waals surface area contributed by atoms with Gasteiger partial charge in [-0.3, -0.25) is 9.59 Å². The molecule has 2 unspecified atom stereocenters. The van der Waals surface area contributed by atoms with E-state index in [2.05, 4.69) is 10.3 Å². The molecule has 0 radical (unpaired) electrons. The highest BCUT2D eigenvalue weighted by molar-refractivity contribution is 6.29. The van der Waals surface area contributed by atoms with Gasteiger partial charge in [0.05, 0.1) is 0 Å². The van der Waals surface area contributed by atoms with Gasteiger partial charge in [-0.05, 0) is 30.9 Å². The number of nitrogens with zero attached hydrogens (tertiary/aromatic N) is 2. The summed E-state index contributed by atoms with van der Waals surface area (Å²) in [6, 6.07) is 5.29. The van der Waals surface area contributed by atoms with E-state index in [1.807, 2.05) is 4.90 Å². The first kappa shape index (κ1) is 13.4. The molecular formula is C14H16ClN3O2. The highest BCUT2D eigenvalue weighted by Crippen LogP contribution is 2.26. The summed E-state index contributed by atoms with van der Waals surface area (Å²) in [6.45, 7) is 1.33. The lowest BCUT2D eigenvalue weighted by Crippen LogP contribution is -2.55. The highest BCUT2D eigenvalue weighted by atomic mass is 35.5. The van der Waals surface area contributed by atoms with Gasteiger partial charge in [0.15, 0.2) is 0 Å². The minimum absolute atomic E-state index is 0.0807. The standard InChI is InChI=1S/C14H16ClN3O2/c15-12-3-1-2-11(16-12)14(20)18-7-6-10-9(8-18)4-5-13(19)17-10/h1-3,9-10H,4-8H2,(H,17,19). The van der Waals surface area contributed by atoms with Crippen LogP contribution in [0.1, 0.15) is 29.8 Å². The Morgan fingerprint density at radius 2 is 2.25 bits per heavy atom. The molecule has 5 nitrogen and oxygen atoms in total. The van der Waals surface area contributed by atoms with E-state index in [1.165, 1.54) is 0 Å². The molecule has 2 amide bonds. The van der Waals surface area contributed by atoms with Crippen molar-refractivity contribution in [3.05, 3.63) is 29.0 Å². The van der Waals surface area contributed by atoms with Crippen molar-refractivity contribution < 1.29 is 9.59 Å². The van der Waals surface area contributed by atoms with Gasteiger partial charge in [0, 0.05) is 25.6 Å². The maximum atomic E-state index is 12.4. The van der Waals surface area contributed by atoms with Crippen LogP contribution in [0.25, 0.3) is 0 Å². The van der Waals surface area contributed by atoms with Crippen LogP contribution in [-0.2, 0) is 4.79 Å². The number of nitrogens with one attached hydrogen (secondary N) is 1. The van der Waals surface area contributed by atoms with Crippen LogP contribution in [0.2, 0.25) is 5.15 Å². The molecule has 0 aromatic carbocycles. The molecule has 1 aromatic rings. The fourth-order valence-corrected chi connectivity index (χ4v) is 3.15. The van der Waals surface area contributed by atoms with E-state index in [4.69, 9.17) is 11.6 Å². The number of likely N-dealkylation sites (tertiary alicyclic amines) is 1. The second-order valence-corrected chi connectivity index (χ2v) is 5.75. The Bertz CT molecular complexity index is 549. The number of rotatable bonds is 1. The van der Waals surface area contributed by atoms with Gasteiger partial charge in [0.1, 0.15) is 10.8 Å². The normalized spacial score (nSPS) is 25.9. The molecule has 1 N–H and O–H groups in total. The lowest BCUT2D eigenvalue weighted by atomic mass is 9.85. The molecule has 1 aromatic heterocycles. The summed E-state index contributed by atoms with van der Waals surface area (Å²) in [5.74, 6) is 0.398. The zero-order valence-corrected chi connectivity index (χ0v) is 11.8. The van der Waals surface area contributed by atoms with E-state index in [-0.39, 0.29) is 17.9 Å². The largest absolute Gasteiger partial charge is 0.353 e. The summed E-state index contributed by atoms with van der Waals surface area (Å²) >= 11 is 5.83. The Kier molecular flexibility index (Phi) is 3.61. The van der Waals surface area contributed by atoms with E-state index in [0.717, 1.165) is 12.8 Å². The molecule has 3 rings (SSSR count). The van der Waals surface area contributed by atoms with Crippen molar-refractivity contribution in [1.29, 1.82) is 0 Å². The van der Waals surface area contributed by atoms with Crippen molar-refractivity contribution in [3.63, 3.8) is 0 Å². The zero-order chi connectivity index (χ0) is 14.1. The zero-order valence-electron chi connectivity index (χ0n) is 11.0. The molecule has 2 aliphatic heterocycles. The fraction of sp³-hybridized carbons (Fsp3) is 0.500. The van der Waals surface area contributed by atoms with Gasteiger partial charge in [0.2, 0.25) is 5.91 Å². The monoisotopic (exact) mass is 293 g/mol. The summed E-state index contributed by atoms with van der Waals surface area (Å²) in [5, 5.41) is 3.34. The highest BCUT2D eigenvalue weighted by Gasteiger charge is 2.35. The Morgan fingerprint density at radius 1 is 1.40 bits per heavy atom. The molecule has 20 heavy (non-hydrogen) atoms. The number of amides is 2. The third kappa shape index (κ3) is 2.63. The van der Waals surface area contributed by atoms with Crippen LogP contribution in [0.3, 0.4) is 0 Å². The number of pyridine rings is 1. The molecular weight excluding hydrogens is 278 g/mol. The maximum absolute atomic E-state index is 12.4. The van der Waals surface area contributed by atoms with Gasteiger partial charge in [-0.25, -0.2) is 4.98 Å². The molecule has 3 heterocycles. The van der Waals surface area contributed by atoms with Crippen LogP contribution in [0.5, 0.6) is 0 Å². The first-order chi connectivity index (χ1) is 9.63. The van der Waals surface area contributed by atoms with Gasteiger partial charge < -0.3 is 10.2 Å². The minimum atomic E-state index is -0.0807. The van der Waals surface area contributed by atoms with Crippen molar-refractivity contribution >= 4 is 23.4 Å². The summed E-state index contributed by atoms with van der Waals surface area (Å²) in [4.78, 5) is 29.7. The molecule has 2 saturated heterocycles. The van der Waals surface area contributed by atoms with Crippen molar-refractivity contribution in [2.75, 3.05) is 13.1 Å². The van der Waals surface area contributed by atoms with E-state index in [1.54, 1.807) is 18.2 Å². The van der Waals surface area contributed by atoms with Crippen molar-refractivity contribution in [1.82, 2.24) is 15.2 Å². The van der Waals surface area contributed by atoms with E-state index in [0.29, 0.717) is 36.3 Å². The number of halogens is 1. The SMILES string of the molecule is O=C1CCC2CN(C(=O)c3cccc(Cl)n3)CCC2N1. The van der Waals surface area contributed by atoms with E-state index >= 15 is 0 Å². The van der Waals surface area contributed by atoms with Crippen molar-refractivity contribution in [3.8, 4) is 0 Å². The lowest BCUT2D eigenvalue weighted by Gasteiger charge is -2.41. The van der Waals surface area contributed by atoms with Crippen molar-refractivity contribution in [2.45, 2.75) is 25.3 Å². The van der Waals surface area contributed by atoms with Crippen LogP contribution in [-0.4, -0.2) is 40.8 Å². The predicted molar refractivity (Wildman–Crippen MR) is 74.4 cm³/mol. The number of piperidine rings is 2. The van der Waals surface area contributed by atoms with Crippen LogP contribution >= 0.6 is 11.6 Å². The van der Waals surface area contributed by atoms with Crippen LogP contribution < -0.4 is 5.32 Å². The van der Waals surface area contributed by atoms with Gasteiger partial charge in [0.25, 0.3) is 5.91 Å². The van der Waals surface area contributed by atoms with Gasteiger partial charge in [-0.1, -0.05) is 17.7 Å². The summed E-state index contributed by atoms with van der Waals surface area (Å²) < 4.78 is 0. The molecule has 2 aliphatic rings. The summed E-state index contributed by atoms with van der Waals surface area (Å²) in [5.41, 5.74) is 0.385. The Hall–Kier alpha value is -1.62. The number of hydrogen-bond acceptors (Lipinski definition) is 3. The molecule has 0 saturated carbocycles. The van der Waals surface area contributed by atoms with E-state index < -0.39 is 0 Å². The lowest BCUT2D eigenvalue weighted by molar-refractivity contribution is -0.125. The number of carbonyl (C=O) groups excluding carboxylic acids is 2. The Labute approximate surface area is 122 Å². The van der Waals surface area contributed by atoms with Gasteiger partial charge >= 0.3 is 0 Å². The van der Waals surface area contributed by atoms with E-state index in [9.17, 15) is 9.59 Å². The number of hydrogen-bond donors (Lipinski definition) is 1. The molecule has 0 bridgehead atoms. The summed E-state index contributed by atoms with van der Waals surface area (Å²) in [6.07, 6.45) is 2.21. The third-order valence-electron chi connectivity index (χ3n) is 4.04. The summed E-state index contributed by atoms with van der Waals surface area (Å²) in [7, 11) is 0.